The Kier molecular flexibility index (Phi) is 8.22. The van der Waals surface area contributed by atoms with E-state index in [9.17, 15) is 9.90 Å². The van der Waals surface area contributed by atoms with Crippen LogP contribution in [0.5, 0.6) is 0 Å². The molecule has 1 unspecified atom stereocenters. The minimum Gasteiger partial charge on any atom is -0.386 e. The minimum absolute atomic E-state index is 0.0524. The Bertz CT molecular complexity index is 505. The Labute approximate surface area is 140 Å². The average molecular weight is 347 g/mol. The summed E-state index contributed by atoms with van der Waals surface area (Å²) >= 11 is 7.19. The van der Waals surface area contributed by atoms with Gasteiger partial charge in [0.2, 0.25) is 5.91 Å². The predicted molar refractivity (Wildman–Crippen MR) is 91.6 cm³/mol. The number of guanidine groups is 1. The summed E-state index contributed by atoms with van der Waals surface area (Å²) in [6.45, 7) is 3.38. The van der Waals surface area contributed by atoms with E-state index in [1.807, 2.05) is 6.92 Å². The highest BCUT2D eigenvalue weighted by Crippen LogP contribution is 2.26. The number of thiophene rings is 1. The number of hydrogen-bond donors (Lipinski definition) is 3. The van der Waals surface area contributed by atoms with E-state index >= 15 is 0 Å². The first kappa shape index (κ1) is 18.7. The van der Waals surface area contributed by atoms with Gasteiger partial charge in [-0.15, -0.1) is 11.3 Å². The molecule has 0 fully saturated rings. The second kappa shape index (κ2) is 9.66. The van der Waals surface area contributed by atoms with Crippen LogP contribution < -0.4 is 10.6 Å². The van der Waals surface area contributed by atoms with Crippen molar-refractivity contribution in [2.24, 2.45) is 4.99 Å². The molecule has 0 bridgehead atoms. The highest BCUT2D eigenvalue weighted by atomic mass is 35.5. The molecule has 124 valence electrons. The van der Waals surface area contributed by atoms with Crippen LogP contribution in [0.25, 0.3) is 0 Å². The van der Waals surface area contributed by atoms with Crippen LogP contribution in [0.4, 0.5) is 0 Å². The number of nitrogens with zero attached hydrogens (tertiary/aromatic N) is 2. The molecule has 0 saturated carbocycles. The van der Waals surface area contributed by atoms with Gasteiger partial charge in [0.25, 0.3) is 0 Å². The smallest absolute Gasteiger partial charge is 0.223 e. The Morgan fingerprint density at radius 1 is 1.45 bits per heavy atom. The lowest BCUT2D eigenvalue weighted by molar-refractivity contribution is -0.128. The largest absolute Gasteiger partial charge is 0.386 e. The van der Waals surface area contributed by atoms with Gasteiger partial charge in [0.05, 0.1) is 10.9 Å². The number of aliphatic imine (C=N–C) groups is 1. The number of aliphatic hydroxyl groups is 1. The van der Waals surface area contributed by atoms with E-state index in [2.05, 4.69) is 15.6 Å². The van der Waals surface area contributed by atoms with Gasteiger partial charge < -0.3 is 20.6 Å². The van der Waals surface area contributed by atoms with Crippen molar-refractivity contribution in [1.82, 2.24) is 15.5 Å². The van der Waals surface area contributed by atoms with Crippen LogP contribution in [-0.2, 0) is 4.79 Å². The fraction of sp³-hybridized carbons (Fsp3) is 0.571. The quantitative estimate of drug-likeness (QED) is 0.516. The minimum atomic E-state index is -0.684. The number of aliphatic hydroxyl groups excluding tert-OH is 1. The van der Waals surface area contributed by atoms with E-state index < -0.39 is 6.10 Å². The zero-order valence-corrected chi connectivity index (χ0v) is 14.7. The van der Waals surface area contributed by atoms with E-state index in [0.717, 1.165) is 4.88 Å². The maximum absolute atomic E-state index is 11.5. The highest BCUT2D eigenvalue weighted by molar-refractivity contribution is 7.16. The van der Waals surface area contributed by atoms with Gasteiger partial charge in [0, 0.05) is 38.5 Å². The molecule has 0 aromatic carbocycles. The molecule has 1 heterocycles. The molecule has 0 aliphatic carbocycles. The number of carbonyl (C=O) groups is 1. The van der Waals surface area contributed by atoms with Crippen molar-refractivity contribution in [3.8, 4) is 0 Å². The molecule has 1 amide bonds. The summed E-state index contributed by atoms with van der Waals surface area (Å²) in [7, 11) is 3.45. The monoisotopic (exact) mass is 346 g/mol. The van der Waals surface area contributed by atoms with E-state index in [0.29, 0.717) is 29.8 Å². The maximum Gasteiger partial charge on any atom is 0.223 e. The predicted octanol–water partition coefficient (Wildman–Crippen LogP) is 1.47. The fourth-order valence-corrected chi connectivity index (χ4v) is 2.67. The summed E-state index contributed by atoms with van der Waals surface area (Å²) < 4.78 is 0.644. The second-order valence-electron chi connectivity index (χ2n) is 4.84. The van der Waals surface area contributed by atoms with Gasteiger partial charge in [-0.05, 0) is 19.1 Å². The molecule has 1 aromatic rings. The van der Waals surface area contributed by atoms with Crippen LogP contribution >= 0.6 is 22.9 Å². The molecule has 0 saturated heterocycles. The first-order chi connectivity index (χ1) is 10.4. The summed E-state index contributed by atoms with van der Waals surface area (Å²) in [5.74, 6) is 0.632. The van der Waals surface area contributed by atoms with Crippen molar-refractivity contribution in [2.45, 2.75) is 19.4 Å². The van der Waals surface area contributed by atoms with Crippen molar-refractivity contribution in [2.75, 3.05) is 33.7 Å². The van der Waals surface area contributed by atoms with Gasteiger partial charge >= 0.3 is 0 Å². The molecule has 0 aliphatic rings. The Morgan fingerprint density at radius 2 is 2.18 bits per heavy atom. The van der Waals surface area contributed by atoms with E-state index in [1.54, 1.807) is 31.1 Å². The van der Waals surface area contributed by atoms with Crippen molar-refractivity contribution >= 4 is 34.8 Å². The molecule has 0 radical (unpaired) electrons. The number of amides is 1. The molecule has 1 aromatic heterocycles. The second-order valence-corrected chi connectivity index (χ2v) is 6.59. The topological polar surface area (TPSA) is 77.0 Å². The Morgan fingerprint density at radius 3 is 2.73 bits per heavy atom. The van der Waals surface area contributed by atoms with Crippen LogP contribution in [0.15, 0.2) is 17.1 Å². The molecule has 8 heteroatoms. The lowest BCUT2D eigenvalue weighted by atomic mass is 10.3. The number of hydrogen-bond acceptors (Lipinski definition) is 4. The van der Waals surface area contributed by atoms with Gasteiger partial charge in [-0.3, -0.25) is 9.79 Å². The van der Waals surface area contributed by atoms with Crippen molar-refractivity contribution < 1.29 is 9.90 Å². The van der Waals surface area contributed by atoms with Crippen LogP contribution in [0.2, 0.25) is 4.34 Å². The molecule has 3 N–H and O–H groups in total. The van der Waals surface area contributed by atoms with Gasteiger partial charge in [-0.2, -0.15) is 0 Å². The molecule has 1 atom stereocenters. The zero-order chi connectivity index (χ0) is 16.5. The maximum atomic E-state index is 11.5. The molecule has 0 spiro atoms. The summed E-state index contributed by atoms with van der Waals surface area (Å²) in [6.07, 6.45) is -0.295. The first-order valence-corrected chi connectivity index (χ1v) is 8.29. The van der Waals surface area contributed by atoms with Crippen molar-refractivity contribution in [3.63, 3.8) is 0 Å². The summed E-state index contributed by atoms with van der Waals surface area (Å²) in [6, 6.07) is 3.55. The number of halogens is 1. The van der Waals surface area contributed by atoms with Gasteiger partial charge in [0.15, 0.2) is 5.96 Å². The number of nitrogens with one attached hydrogen (secondary N) is 2. The lowest BCUT2D eigenvalue weighted by Crippen LogP contribution is -2.39. The van der Waals surface area contributed by atoms with Crippen LogP contribution in [0.1, 0.15) is 24.3 Å². The Hall–Kier alpha value is -1.31. The molecule has 1 rings (SSSR count). The molecule has 0 aliphatic heterocycles. The normalized spacial score (nSPS) is 12.9. The van der Waals surface area contributed by atoms with Crippen LogP contribution in [-0.4, -0.2) is 55.6 Å². The molecular formula is C14H23ClN4O2S. The van der Waals surface area contributed by atoms with Gasteiger partial charge in [-0.25, -0.2) is 0 Å². The average Bonchev–Trinajstić information content (AvgIpc) is 2.90. The number of carbonyl (C=O) groups excluding carboxylic acids is 1. The highest BCUT2D eigenvalue weighted by Gasteiger charge is 2.10. The lowest BCUT2D eigenvalue weighted by Gasteiger charge is -2.14. The fourth-order valence-electron chi connectivity index (χ4n) is 1.63. The third-order valence-electron chi connectivity index (χ3n) is 2.82. The summed E-state index contributed by atoms with van der Waals surface area (Å²) in [5.41, 5.74) is 0. The number of rotatable bonds is 7. The first-order valence-electron chi connectivity index (χ1n) is 7.09. The molecule has 6 nitrogen and oxygen atoms in total. The van der Waals surface area contributed by atoms with Gasteiger partial charge in [-0.1, -0.05) is 11.6 Å². The van der Waals surface area contributed by atoms with Gasteiger partial charge in [0.1, 0.15) is 6.10 Å². The third-order valence-corrected chi connectivity index (χ3v) is 4.15. The zero-order valence-electron chi connectivity index (χ0n) is 13.1. The third kappa shape index (κ3) is 6.64. The Balaban J connectivity index is 2.49. The molecule has 22 heavy (non-hydrogen) atoms. The van der Waals surface area contributed by atoms with E-state index in [1.165, 1.54) is 11.3 Å². The van der Waals surface area contributed by atoms with Crippen molar-refractivity contribution in [1.29, 1.82) is 0 Å². The van der Waals surface area contributed by atoms with E-state index in [-0.39, 0.29) is 12.5 Å². The van der Waals surface area contributed by atoms with Crippen LogP contribution in [0, 0.1) is 0 Å². The molecular weight excluding hydrogens is 324 g/mol. The summed E-state index contributed by atoms with van der Waals surface area (Å²) in [5, 5.41) is 16.2. The van der Waals surface area contributed by atoms with Crippen molar-refractivity contribution in [3.05, 3.63) is 21.3 Å². The standard InChI is InChI=1S/C14H23ClN4O2S/c1-4-16-14(17-8-7-13(21)19(2)3)18-9-10(20)11-5-6-12(15)22-11/h5-6,10,20H,4,7-9H2,1-3H3,(H2,16,17,18). The SMILES string of the molecule is CCNC(=NCC(O)c1ccc(Cl)s1)NCCC(=O)N(C)C. The van der Waals surface area contributed by atoms with Crippen LogP contribution in [0.3, 0.4) is 0 Å². The van der Waals surface area contributed by atoms with E-state index in [4.69, 9.17) is 11.6 Å². The summed E-state index contributed by atoms with van der Waals surface area (Å²) in [4.78, 5) is 18.2.